The second kappa shape index (κ2) is 7.77. The number of nitro benzene ring substituents is 1. The third-order valence-electron chi connectivity index (χ3n) is 6.15. The van der Waals surface area contributed by atoms with Gasteiger partial charge in [-0.3, -0.25) is 19.7 Å². The Balaban J connectivity index is 1.46. The molecular formula is C20H26N4O4. The van der Waals surface area contributed by atoms with Gasteiger partial charge in [0.1, 0.15) is 5.69 Å². The minimum atomic E-state index is -0.329. The Bertz CT molecular complexity index is 802. The molecule has 3 aliphatic heterocycles. The standard InChI is InChI=1S/C20H26N4O4/c25-19-5-4-15-11-18(24(27)28)17(12-16(15)21-19)22-9-6-14(7-10-22)13-23-8-2-1-3-20(23)26/h11-12,14H,1-10,13H2,(H,21,25). The molecule has 2 amide bonds. The second-order valence-electron chi connectivity index (χ2n) is 8.03. The summed E-state index contributed by atoms with van der Waals surface area (Å²) in [5.74, 6) is 0.654. The average Bonchev–Trinajstić information content (AvgIpc) is 2.69. The van der Waals surface area contributed by atoms with Crippen LogP contribution in [0.3, 0.4) is 0 Å². The van der Waals surface area contributed by atoms with Crippen molar-refractivity contribution in [3.05, 3.63) is 27.8 Å². The van der Waals surface area contributed by atoms with Crippen molar-refractivity contribution < 1.29 is 14.5 Å². The summed E-state index contributed by atoms with van der Waals surface area (Å²) < 4.78 is 0. The van der Waals surface area contributed by atoms with Gasteiger partial charge >= 0.3 is 0 Å². The zero-order valence-electron chi connectivity index (χ0n) is 16.0. The number of carbonyl (C=O) groups is 2. The van der Waals surface area contributed by atoms with Crippen LogP contribution in [0.4, 0.5) is 17.1 Å². The minimum Gasteiger partial charge on any atom is -0.366 e. The topological polar surface area (TPSA) is 95.8 Å². The van der Waals surface area contributed by atoms with E-state index in [0.29, 0.717) is 36.6 Å². The summed E-state index contributed by atoms with van der Waals surface area (Å²) in [5.41, 5.74) is 2.21. The van der Waals surface area contributed by atoms with Crippen LogP contribution in [-0.4, -0.2) is 47.8 Å². The Labute approximate surface area is 164 Å². The Morgan fingerprint density at radius 3 is 2.57 bits per heavy atom. The van der Waals surface area contributed by atoms with Crippen LogP contribution >= 0.6 is 0 Å². The van der Waals surface area contributed by atoms with Gasteiger partial charge in [0.2, 0.25) is 11.8 Å². The monoisotopic (exact) mass is 386 g/mol. The van der Waals surface area contributed by atoms with E-state index >= 15 is 0 Å². The van der Waals surface area contributed by atoms with E-state index in [0.717, 1.165) is 57.4 Å². The summed E-state index contributed by atoms with van der Waals surface area (Å²) in [6, 6.07) is 3.38. The first-order valence-corrected chi connectivity index (χ1v) is 10.1. The summed E-state index contributed by atoms with van der Waals surface area (Å²) in [5, 5.41) is 14.5. The van der Waals surface area contributed by atoms with Crippen LogP contribution in [0.5, 0.6) is 0 Å². The third-order valence-corrected chi connectivity index (χ3v) is 6.15. The maximum atomic E-state index is 12.0. The summed E-state index contributed by atoms with van der Waals surface area (Å²) in [6.45, 7) is 3.10. The van der Waals surface area contributed by atoms with E-state index in [2.05, 4.69) is 5.32 Å². The lowest BCUT2D eigenvalue weighted by Gasteiger charge is -2.37. The Morgan fingerprint density at radius 2 is 1.86 bits per heavy atom. The second-order valence-corrected chi connectivity index (χ2v) is 8.03. The molecule has 0 saturated carbocycles. The minimum absolute atomic E-state index is 0.0443. The molecule has 3 heterocycles. The smallest absolute Gasteiger partial charge is 0.292 e. The Hall–Kier alpha value is -2.64. The third kappa shape index (κ3) is 3.81. The Kier molecular flexibility index (Phi) is 5.19. The molecule has 8 heteroatoms. The van der Waals surface area contributed by atoms with Crippen LogP contribution in [0.2, 0.25) is 0 Å². The first-order chi connectivity index (χ1) is 13.5. The van der Waals surface area contributed by atoms with Crippen LogP contribution in [0.1, 0.15) is 44.1 Å². The van der Waals surface area contributed by atoms with Crippen LogP contribution in [0, 0.1) is 16.0 Å². The summed E-state index contributed by atoms with van der Waals surface area (Å²) in [6.07, 6.45) is 5.45. The van der Waals surface area contributed by atoms with Crippen molar-refractivity contribution in [3.63, 3.8) is 0 Å². The molecule has 0 spiro atoms. The van der Waals surface area contributed by atoms with Crippen molar-refractivity contribution in [1.29, 1.82) is 0 Å². The molecule has 1 aromatic rings. The summed E-state index contributed by atoms with van der Waals surface area (Å²) in [7, 11) is 0. The molecule has 0 radical (unpaired) electrons. The molecule has 150 valence electrons. The quantitative estimate of drug-likeness (QED) is 0.634. The molecule has 2 saturated heterocycles. The largest absolute Gasteiger partial charge is 0.366 e. The molecule has 0 atom stereocenters. The molecule has 28 heavy (non-hydrogen) atoms. The van der Waals surface area contributed by atoms with Crippen LogP contribution < -0.4 is 10.2 Å². The van der Waals surface area contributed by atoms with Crippen LogP contribution in [0.15, 0.2) is 12.1 Å². The van der Waals surface area contributed by atoms with Gasteiger partial charge in [-0.25, -0.2) is 0 Å². The first-order valence-electron chi connectivity index (χ1n) is 10.1. The predicted octanol–water partition coefficient (Wildman–Crippen LogP) is 2.71. The van der Waals surface area contributed by atoms with E-state index in [1.165, 1.54) is 0 Å². The lowest BCUT2D eigenvalue weighted by Crippen LogP contribution is -2.42. The predicted molar refractivity (Wildman–Crippen MR) is 105 cm³/mol. The number of hydrogen-bond acceptors (Lipinski definition) is 5. The fourth-order valence-corrected chi connectivity index (χ4v) is 4.53. The molecule has 0 bridgehead atoms. The summed E-state index contributed by atoms with van der Waals surface area (Å²) >= 11 is 0. The van der Waals surface area contributed by atoms with Gasteiger partial charge < -0.3 is 15.1 Å². The molecule has 0 aliphatic carbocycles. The molecule has 2 fully saturated rings. The highest BCUT2D eigenvalue weighted by molar-refractivity contribution is 5.95. The number of benzene rings is 1. The van der Waals surface area contributed by atoms with Gasteiger partial charge in [-0.1, -0.05) is 0 Å². The number of anilines is 2. The van der Waals surface area contributed by atoms with Crippen molar-refractivity contribution in [2.24, 2.45) is 5.92 Å². The number of amides is 2. The number of likely N-dealkylation sites (tertiary alicyclic amines) is 1. The number of piperidine rings is 2. The van der Waals surface area contributed by atoms with Crippen molar-refractivity contribution in [1.82, 2.24) is 4.90 Å². The van der Waals surface area contributed by atoms with Gasteiger partial charge in [0.25, 0.3) is 5.69 Å². The highest BCUT2D eigenvalue weighted by Crippen LogP contribution is 2.38. The number of carbonyl (C=O) groups excluding carboxylic acids is 2. The van der Waals surface area contributed by atoms with Crippen molar-refractivity contribution in [3.8, 4) is 0 Å². The number of hydrogen-bond donors (Lipinski definition) is 1. The van der Waals surface area contributed by atoms with Gasteiger partial charge in [-0.2, -0.15) is 0 Å². The first kappa shape index (κ1) is 18.7. The fourth-order valence-electron chi connectivity index (χ4n) is 4.53. The zero-order chi connectivity index (χ0) is 19.7. The van der Waals surface area contributed by atoms with Crippen molar-refractivity contribution in [2.45, 2.75) is 44.9 Å². The van der Waals surface area contributed by atoms with Crippen LogP contribution in [-0.2, 0) is 16.0 Å². The van der Waals surface area contributed by atoms with Gasteiger partial charge in [0, 0.05) is 50.8 Å². The van der Waals surface area contributed by atoms with E-state index < -0.39 is 0 Å². The lowest BCUT2D eigenvalue weighted by atomic mass is 9.94. The number of nitrogens with zero attached hydrogens (tertiary/aromatic N) is 3. The molecule has 3 aliphatic rings. The van der Waals surface area contributed by atoms with Crippen molar-refractivity contribution in [2.75, 3.05) is 36.4 Å². The molecule has 0 aromatic heterocycles. The average molecular weight is 386 g/mol. The van der Waals surface area contributed by atoms with E-state index in [1.54, 1.807) is 12.1 Å². The molecule has 8 nitrogen and oxygen atoms in total. The van der Waals surface area contributed by atoms with Gasteiger partial charge in [-0.05, 0) is 49.7 Å². The normalized spacial score (nSPS) is 20.7. The van der Waals surface area contributed by atoms with Gasteiger partial charge in [0.15, 0.2) is 0 Å². The highest BCUT2D eigenvalue weighted by Gasteiger charge is 2.30. The number of rotatable bonds is 4. The number of nitro groups is 1. The number of aryl methyl sites for hydroxylation is 1. The van der Waals surface area contributed by atoms with E-state index in [9.17, 15) is 19.7 Å². The molecule has 1 N–H and O–H groups in total. The zero-order valence-corrected chi connectivity index (χ0v) is 16.0. The Morgan fingerprint density at radius 1 is 1.07 bits per heavy atom. The van der Waals surface area contributed by atoms with E-state index in [-0.39, 0.29) is 22.4 Å². The fraction of sp³-hybridized carbons (Fsp3) is 0.600. The van der Waals surface area contributed by atoms with E-state index in [4.69, 9.17) is 0 Å². The number of fused-ring (bicyclic) bond motifs is 1. The maximum absolute atomic E-state index is 12.0. The lowest BCUT2D eigenvalue weighted by molar-refractivity contribution is -0.384. The van der Waals surface area contributed by atoms with Crippen LogP contribution in [0.25, 0.3) is 0 Å². The molecule has 1 aromatic carbocycles. The van der Waals surface area contributed by atoms with Gasteiger partial charge in [0.05, 0.1) is 4.92 Å². The van der Waals surface area contributed by atoms with E-state index in [1.807, 2.05) is 9.80 Å². The molecule has 0 unspecified atom stereocenters. The molecule has 4 rings (SSSR count). The molecular weight excluding hydrogens is 360 g/mol. The van der Waals surface area contributed by atoms with Gasteiger partial charge in [-0.15, -0.1) is 0 Å². The maximum Gasteiger partial charge on any atom is 0.292 e. The highest BCUT2D eigenvalue weighted by atomic mass is 16.6. The summed E-state index contributed by atoms with van der Waals surface area (Å²) in [4.78, 5) is 39.1. The SMILES string of the molecule is O=C1CCc2cc([N+](=O)[O-])c(N3CCC(CN4CCCCC4=O)CC3)cc2N1. The number of nitrogens with one attached hydrogen (secondary N) is 1. The van der Waals surface area contributed by atoms with Crippen molar-refractivity contribution >= 4 is 28.9 Å².